The minimum Gasteiger partial charge on any atom is -0.496 e. The number of methoxy groups -OCH3 is 1. The molecule has 2 aliphatic heterocycles. The van der Waals surface area contributed by atoms with Gasteiger partial charge in [0, 0.05) is 15.6 Å². The van der Waals surface area contributed by atoms with Gasteiger partial charge in [0.2, 0.25) is 6.79 Å². The van der Waals surface area contributed by atoms with Gasteiger partial charge < -0.3 is 18.9 Å². The molecular weight excluding hydrogens is 644 g/mol. The summed E-state index contributed by atoms with van der Waals surface area (Å²) in [6, 6.07) is 23.9. The zero-order chi connectivity index (χ0) is 30.4. The molecule has 0 amide bonds. The van der Waals surface area contributed by atoms with Gasteiger partial charge in [-0.3, -0.25) is 9.36 Å². The third-order valence-corrected chi connectivity index (χ3v) is 9.25. The van der Waals surface area contributed by atoms with Gasteiger partial charge in [0.15, 0.2) is 16.3 Å². The van der Waals surface area contributed by atoms with Crippen molar-refractivity contribution in [2.75, 3.05) is 20.5 Å². The molecule has 220 valence electrons. The van der Waals surface area contributed by atoms with Crippen molar-refractivity contribution in [2.45, 2.75) is 13.0 Å². The van der Waals surface area contributed by atoms with Gasteiger partial charge in [-0.25, -0.2) is 9.79 Å². The first kappa shape index (κ1) is 28.1. The number of thiazole rings is 1. The molecule has 44 heavy (non-hydrogen) atoms. The molecule has 3 heterocycles. The quantitative estimate of drug-likeness (QED) is 0.219. The van der Waals surface area contributed by atoms with Gasteiger partial charge in [0.05, 0.1) is 29.5 Å². The lowest BCUT2D eigenvalue weighted by atomic mass is 9.89. The zero-order valence-corrected chi connectivity index (χ0v) is 26.1. The lowest BCUT2D eigenvalue weighted by Gasteiger charge is -2.28. The molecular formula is C34H25BrN2O6S. The highest BCUT2D eigenvalue weighted by molar-refractivity contribution is 9.10. The molecule has 0 unspecified atom stereocenters. The Morgan fingerprint density at radius 1 is 1.07 bits per heavy atom. The maximum absolute atomic E-state index is 14.4. The van der Waals surface area contributed by atoms with Crippen LogP contribution in [0.2, 0.25) is 0 Å². The summed E-state index contributed by atoms with van der Waals surface area (Å²) in [7, 11) is 1.58. The number of carbonyl (C=O) groups is 1. The fourth-order valence-electron chi connectivity index (χ4n) is 5.63. The van der Waals surface area contributed by atoms with Crippen molar-refractivity contribution >= 4 is 55.8 Å². The van der Waals surface area contributed by atoms with Gasteiger partial charge in [-0.2, -0.15) is 0 Å². The van der Waals surface area contributed by atoms with Crippen molar-refractivity contribution in [3.63, 3.8) is 0 Å². The average Bonchev–Trinajstić information content (AvgIpc) is 3.63. The van der Waals surface area contributed by atoms with Crippen molar-refractivity contribution in [3.8, 4) is 17.2 Å². The van der Waals surface area contributed by atoms with Crippen molar-refractivity contribution in [2.24, 2.45) is 4.99 Å². The van der Waals surface area contributed by atoms with Crippen LogP contribution in [-0.2, 0) is 9.53 Å². The number of esters is 1. The topological polar surface area (TPSA) is 88.4 Å². The van der Waals surface area contributed by atoms with Gasteiger partial charge in [-0.05, 0) is 47.5 Å². The molecule has 0 radical (unpaired) electrons. The van der Waals surface area contributed by atoms with E-state index in [1.54, 1.807) is 24.7 Å². The normalized spacial score (nSPS) is 15.7. The minimum absolute atomic E-state index is 0.138. The van der Waals surface area contributed by atoms with Crippen molar-refractivity contribution in [3.05, 3.63) is 125 Å². The number of fused-ring (bicyclic) bond motifs is 3. The minimum atomic E-state index is -0.885. The number of halogens is 1. The second kappa shape index (κ2) is 11.4. The molecule has 0 N–H and O–H groups in total. The lowest BCUT2D eigenvalue weighted by Crippen LogP contribution is -2.40. The standard InChI is InChI=1S/C34H25BrN2O6S/c1-3-41-33(39)29-30(20-10-5-4-6-11-20)36-34-37(31(29)28-22-12-8-7-9-19(22)13-14-24(28)40-2)32(38)27(44-34)16-21-15-25-26(17-23(21)35)43-18-42-25/h4-17,31H,3,18H2,1-2H3/b27-16+/t31-/m1/s1. The van der Waals surface area contributed by atoms with E-state index in [9.17, 15) is 9.59 Å². The average molecular weight is 670 g/mol. The number of ether oxygens (including phenoxy) is 4. The second-order valence-corrected chi connectivity index (χ2v) is 11.9. The molecule has 8 nitrogen and oxygen atoms in total. The molecule has 0 saturated heterocycles. The summed E-state index contributed by atoms with van der Waals surface area (Å²) in [4.78, 5) is 33.8. The maximum atomic E-state index is 14.4. The molecule has 1 aromatic heterocycles. The molecule has 0 spiro atoms. The highest BCUT2D eigenvalue weighted by atomic mass is 79.9. The third kappa shape index (κ3) is 4.71. The number of hydrogen-bond donors (Lipinski definition) is 0. The number of rotatable bonds is 6. The summed E-state index contributed by atoms with van der Waals surface area (Å²) in [5, 5.41) is 1.79. The summed E-state index contributed by atoms with van der Waals surface area (Å²) < 4.78 is 25.4. The molecule has 2 aliphatic rings. The van der Waals surface area contributed by atoms with Crippen LogP contribution in [-0.4, -0.2) is 31.0 Å². The SMILES string of the molecule is CCOC(=O)C1=C(c2ccccc2)N=c2s/c(=C/c3cc4c(cc3Br)OCO4)c(=O)n2[C@@H]1c1c(OC)ccc2ccccc12. The third-order valence-electron chi connectivity index (χ3n) is 7.58. The molecule has 5 aromatic rings. The first-order chi connectivity index (χ1) is 21.5. The fourth-order valence-corrected chi connectivity index (χ4v) is 7.06. The largest absolute Gasteiger partial charge is 0.496 e. The van der Waals surface area contributed by atoms with Crippen LogP contribution >= 0.6 is 27.3 Å². The summed E-state index contributed by atoms with van der Waals surface area (Å²) in [6.07, 6.45) is 1.80. The number of aromatic nitrogens is 1. The van der Waals surface area contributed by atoms with Crippen LogP contribution in [0.15, 0.2) is 98.7 Å². The number of hydrogen-bond acceptors (Lipinski definition) is 8. The van der Waals surface area contributed by atoms with Gasteiger partial charge in [0.25, 0.3) is 5.56 Å². The molecule has 10 heteroatoms. The lowest BCUT2D eigenvalue weighted by molar-refractivity contribution is -0.138. The number of carbonyl (C=O) groups excluding carboxylic acids is 1. The monoisotopic (exact) mass is 668 g/mol. The smallest absolute Gasteiger partial charge is 0.338 e. The van der Waals surface area contributed by atoms with E-state index in [1.165, 1.54) is 11.3 Å². The Hall–Kier alpha value is -4.67. The Kier molecular flexibility index (Phi) is 7.31. The Balaban J connectivity index is 1.58. The summed E-state index contributed by atoms with van der Waals surface area (Å²) in [5.74, 6) is 1.22. The molecule has 0 saturated carbocycles. The molecule has 4 aromatic carbocycles. The first-order valence-electron chi connectivity index (χ1n) is 13.9. The molecule has 7 rings (SSSR count). The maximum Gasteiger partial charge on any atom is 0.338 e. The van der Waals surface area contributed by atoms with E-state index in [-0.39, 0.29) is 24.5 Å². The van der Waals surface area contributed by atoms with E-state index in [0.717, 1.165) is 26.4 Å². The van der Waals surface area contributed by atoms with Crippen LogP contribution in [0.1, 0.15) is 29.7 Å². The van der Waals surface area contributed by atoms with Crippen molar-refractivity contribution in [1.29, 1.82) is 0 Å². The Morgan fingerprint density at radius 2 is 1.82 bits per heavy atom. The van der Waals surface area contributed by atoms with Gasteiger partial charge in [0.1, 0.15) is 11.8 Å². The van der Waals surface area contributed by atoms with E-state index >= 15 is 0 Å². The van der Waals surface area contributed by atoms with Gasteiger partial charge in [-0.15, -0.1) is 0 Å². The Bertz CT molecular complexity index is 2170. The van der Waals surface area contributed by atoms with E-state index in [2.05, 4.69) is 15.9 Å². The predicted octanol–water partition coefficient (Wildman–Crippen LogP) is 5.59. The zero-order valence-electron chi connectivity index (χ0n) is 23.7. The summed E-state index contributed by atoms with van der Waals surface area (Å²) >= 11 is 4.85. The van der Waals surface area contributed by atoms with Crippen molar-refractivity contribution in [1.82, 2.24) is 4.57 Å². The van der Waals surface area contributed by atoms with E-state index < -0.39 is 12.0 Å². The first-order valence-corrected chi connectivity index (χ1v) is 15.5. The van der Waals surface area contributed by atoms with Crippen LogP contribution in [0, 0.1) is 0 Å². The summed E-state index contributed by atoms with van der Waals surface area (Å²) in [5.41, 5.74) is 2.56. The Morgan fingerprint density at radius 3 is 2.59 bits per heavy atom. The van der Waals surface area contributed by atoms with Crippen LogP contribution in [0.3, 0.4) is 0 Å². The summed E-state index contributed by atoms with van der Waals surface area (Å²) in [6.45, 7) is 2.05. The highest BCUT2D eigenvalue weighted by Crippen LogP contribution is 2.42. The number of benzene rings is 4. The van der Waals surface area contributed by atoms with E-state index in [4.69, 9.17) is 23.9 Å². The van der Waals surface area contributed by atoms with Crippen LogP contribution in [0.25, 0.3) is 22.5 Å². The highest BCUT2D eigenvalue weighted by Gasteiger charge is 2.37. The Labute approximate surface area is 264 Å². The van der Waals surface area contributed by atoms with Gasteiger partial charge >= 0.3 is 5.97 Å². The van der Waals surface area contributed by atoms with Gasteiger partial charge in [-0.1, -0.05) is 87.9 Å². The number of nitrogens with zero attached hydrogens (tertiary/aromatic N) is 2. The predicted molar refractivity (Wildman–Crippen MR) is 172 cm³/mol. The van der Waals surface area contributed by atoms with Crippen LogP contribution in [0.4, 0.5) is 0 Å². The molecule has 0 bridgehead atoms. The van der Waals surface area contributed by atoms with Crippen LogP contribution in [0.5, 0.6) is 17.2 Å². The molecule has 0 fully saturated rings. The van der Waals surface area contributed by atoms with E-state index in [0.29, 0.717) is 37.8 Å². The molecule has 0 aliphatic carbocycles. The molecule has 1 atom stereocenters. The van der Waals surface area contributed by atoms with E-state index in [1.807, 2.05) is 78.9 Å². The van der Waals surface area contributed by atoms with Crippen LogP contribution < -0.4 is 29.1 Å². The van der Waals surface area contributed by atoms with Crippen molar-refractivity contribution < 1.29 is 23.7 Å². The second-order valence-electron chi connectivity index (χ2n) is 10.1. The fraction of sp³-hybridized carbons (Fsp3) is 0.147.